The number of rotatable bonds is 3. The van der Waals surface area contributed by atoms with Crippen molar-refractivity contribution in [2.45, 2.75) is 45.9 Å². The maximum atomic E-state index is 13.2. The van der Waals surface area contributed by atoms with Crippen molar-refractivity contribution in [3.63, 3.8) is 0 Å². The van der Waals surface area contributed by atoms with E-state index in [1.165, 1.54) is 0 Å². The normalized spacial score (nSPS) is 23.8. The lowest BCUT2D eigenvalue weighted by Gasteiger charge is -2.34. The quantitative estimate of drug-likeness (QED) is 0.786. The van der Waals surface area contributed by atoms with Gasteiger partial charge in [-0.3, -0.25) is 9.69 Å². The van der Waals surface area contributed by atoms with Crippen molar-refractivity contribution in [1.29, 1.82) is 0 Å². The lowest BCUT2D eigenvalue weighted by atomic mass is 10.0. The fraction of sp³-hybridized carbons (Fsp3) is 0.636. The van der Waals surface area contributed by atoms with Crippen LogP contribution in [0.15, 0.2) is 18.2 Å². The monoisotopic (exact) mass is 420 g/mol. The Labute approximate surface area is 179 Å². The highest BCUT2D eigenvalue weighted by Gasteiger charge is 2.27. The molecule has 168 valence electrons. The topological polar surface area (TPSA) is 83.1 Å². The molecule has 1 aromatic carbocycles. The van der Waals surface area contributed by atoms with Crippen LogP contribution < -0.4 is 15.4 Å². The number of hydrogen-bond acceptors (Lipinski definition) is 5. The van der Waals surface area contributed by atoms with Gasteiger partial charge in [0.2, 0.25) is 0 Å². The van der Waals surface area contributed by atoms with Crippen LogP contribution in [0, 0.1) is 5.92 Å². The van der Waals surface area contributed by atoms with Crippen LogP contribution in [0.5, 0.6) is 5.75 Å². The van der Waals surface area contributed by atoms with E-state index in [1.807, 2.05) is 13.8 Å². The van der Waals surface area contributed by atoms with Crippen LogP contribution in [-0.2, 0) is 4.74 Å². The first kappa shape index (κ1) is 24.0. The van der Waals surface area contributed by atoms with Crippen molar-refractivity contribution in [2.24, 2.45) is 5.92 Å². The van der Waals surface area contributed by atoms with Gasteiger partial charge in [0, 0.05) is 45.0 Å². The van der Waals surface area contributed by atoms with Crippen LogP contribution in [0.3, 0.4) is 0 Å². The number of amides is 3. The largest absolute Gasteiger partial charge is 0.491 e. The van der Waals surface area contributed by atoms with E-state index in [4.69, 9.17) is 9.47 Å². The Hall–Kier alpha value is -2.32. The molecule has 0 bridgehead atoms. The molecular formula is C22H36N4O4. The number of anilines is 1. The van der Waals surface area contributed by atoms with Crippen LogP contribution in [0.25, 0.3) is 0 Å². The number of carbonyl (C=O) groups excluding carboxylic acids is 2. The third kappa shape index (κ3) is 6.34. The van der Waals surface area contributed by atoms with Crippen LogP contribution in [0.1, 0.15) is 38.1 Å². The number of urea groups is 1. The van der Waals surface area contributed by atoms with Crippen molar-refractivity contribution < 1.29 is 19.1 Å². The molecule has 0 radical (unpaired) electrons. The summed E-state index contributed by atoms with van der Waals surface area (Å²) in [5, 5.41) is 5.56. The molecule has 0 aliphatic carbocycles. The van der Waals surface area contributed by atoms with E-state index in [2.05, 4.69) is 36.4 Å². The van der Waals surface area contributed by atoms with Crippen LogP contribution in [0.2, 0.25) is 0 Å². The Morgan fingerprint density at radius 1 is 1.23 bits per heavy atom. The summed E-state index contributed by atoms with van der Waals surface area (Å²) in [4.78, 5) is 29.2. The molecule has 2 rings (SSSR count). The third-order valence-electron chi connectivity index (χ3n) is 5.43. The van der Waals surface area contributed by atoms with E-state index >= 15 is 0 Å². The smallest absolute Gasteiger partial charge is 0.319 e. The molecule has 1 heterocycles. The molecule has 3 atom stereocenters. The summed E-state index contributed by atoms with van der Waals surface area (Å²) in [5.41, 5.74) is 0.948. The van der Waals surface area contributed by atoms with Crippen LogP contribution >= 0.6 is 0 Å². The first-order valence-electron chi connectivity index (χ1n) is 10.4. The Kier molecular flexibility index (Phi) is 8.49. The molecule has 0 saturated carbocycles. The molecule has 0 aromatic heterocycles. The minimum absolute atomic E-state index is 0.0110. The first-order valence-corrected chi connectivity index (χ1v) is 10.4. The Balaban J connectivity index is 2.35. The van der Waals surface area contributed by atoms with Crippen molar-refractivity contribution >= 4 is 17.6 Å². The zero-order valence-electron chi connectivity index (χ0n) is 19.2. The molecule has 30 heavy (non-hydrogen) atoms. The number of ether oxygens (including phenoxy) is 2. The molecule has 0 unspecified atom stereocenters. The standard InChI is InChI=1S/C22H36N4O4/c1-14(2)23-22(28)24-17-8-9-19-18(10-17)21(27)26(6)12-20(29-7)15(3)11-25(5)16(4)13-30-19/h8-10,14-16,20H,11-13H2,1-7H3,(H2,23,24,28)/t15-,16-,20+/m0/s1. The maximum Gasteiger partial charge on any atom is 0.319 e. The summed E-state index contributed by atoms with van der Waals surface area (Å²) >= 11 is 0. The summed E-state index contributed by atoms with van der Waals surface area (Å²) in [6.07, 6.45) is -0.0875. The third-order valence-corrected chi connectivity index (χ3v) is 5.43. The molecule has 0 saturated heterocycles. The van der Waals surface area contributed by atoms with Crippen LogP contribution in [0.4, 0.5) is 10.5 Å². The number of likely N-dealkylation sites (N-methyl/N-ethyl adjacent to an activating group) is 2. The van der Waals surface area contributed by atoms with Gasteiger partial charge in [-0.2, -0.15) is 0 Å². The van der Waals surface area contributed by atoms with Crippen molar-refractivity contribution in [1.82, 2.24) is 15.1 Å². The van der Waals surface area contributed by atoms with Gasteiger partial charge in [-0.1, -0.05) is 6.92 Å². The van der Waals surface area contributed by atoms with Gasteiger partial charge in [-0.25, -0.2) is 4.79 Å². The number of carbonyl (C=O) groups is 2. The molecule has 0 fully saturated rings. The fourth-order valence-corrected chi connectivity index (χ4v) is 3.46. The van der Waals surface area contributed by atoms with E-state index in [-0.39, 0.29) is 36.0 Å². The molecule has 1 aliphatic heterocycles. The number of nitrogens with zero attached hydrogens (tertiary/aromatic N) is 2. The molecule has 1 aliphatic rings. The maximum absolute atomic E-state index is 13.2. The van der Waals surface area contributed by atoms with E-state index in [9.17, 15) is 9.59 Å². The first-order chi connectivity index (χ1) is 14.1. The predicted molar refractivity (Wildman–Crippen MR) is 118 cm³/mol. The van der Waals surface area contributed by atoms with Crippen molar-refractivity contribution in [3.8, 4) is 5.75 Å². The second-order valence-electron chi connectivity index (χ2n) is 8.50. The SMILES string of the molecule is CO[C@@H]1CN(C)C(=O)c2cc(NC(=O)NC(C)C)ccc2OC[C@H](C)N(C)C[C@@H]1C. The van der Waals surface area contributed by atoms with Gasteiger partial charge >= 0.3 is 6.03 Å². The van der Waals surface area contributed by atoms with Crippen LogP contribution in [-0.4, -0.2) is 80.8 Å². The van der Waals surface area contributed by atoms with Gasteiger partial charge in [0.25, 0.3) is 5.91 Å². The average Bonchev–Trinajstić information content (AvgIpc) is 2.68. The Morgan fingerprint density at radius 3 is 2.57 bits per heavy atom. The number of methoxy groups -OCH3 is 1. The van der Waals surface area contributed by atoms with E-state index in [1.54, 1.807) is 37.3 Å². The van der Waals surface area contributed by atoms with Gasteiger partial charge in [0.1, 0.15) is 12.4 Å². The number of fused-ring (bicyclic) bond motifs is 1. The summed E-state index contributed by atoms with van der Waals surface area (Å²) in [6.45, 7) is 9.75. The van der Waals surface area contributed by atoms with E-state index in [0.29, 0.717) is 30.2 Å². The molecular weight excluding hydrogens is 384 g/mol. The van der Waals surface area contributed by atoms with Crippen molar-refractivity contribution in [3.05, 3.63) is 23.8 Å². The number of hydrogen-bond donors (Lipinski definition) is 2. The fourth-order valence-electron chi connectivity index (χ4n) is 3.46. The van der Waals surface area contributed by atoms with E-state index < -0.39 is 0 Å². The summed E-state index contributed by atoms with van der Waals surface area (Å²) < 4.78 is 11.7. The highest BCUT2D eigenvalue weighted by Crippen LogP contribution is 2.26. The van der Waals surface area contributed by atoms with Gasteiger partial charge < -0.3 is 25.0 Å². The predicted octanol–water partition coefficient (Wildman–Crippen LogP) is 2.65. The summed E-state index contributed by atoms with van der Waals surface area (Å²) in [7, 11) is 5.51. The molecule has 2 N–H and O–H groups in total. The van der Waals surface area contributed by atoms with E-state index in [0.717, 1.165) is 6.54 Å². The Bertz CT molecular complexity index is 740. The van der Waals surface area contributed by atoms with Crippen molar-refractivity contribution in [2.75, 3.05) is 46.2 Å². The lowest BCUT2D eigenvalue weighted by Crippen LogP contribution is -2.45. The average molecular weight is 421 g/mol. The highest BCUT2D eigenvalue weighted by atomic mass is 16.5. The number of nitrogens with one attached hydrogen (secondary N) is 2. The molecule has 0 spiro atoms. The second-order valence-corrected chi connectivity index (χ2v) is 8.50. The van der Waals surface area contributed by atoms with Gasteiger partial charge in [0.05, 0.1) is 11.7 Å². The minimum atomic E-state index is -0.316. The summed E-state index contributed by atoms with van der Waals surface area (Å²) in [6, 6.07) is 5.01. The lowest BCUT2D eigenvalue weighted by molar-refractivity contribution is 0.0150. The zero-order chi connectivity index (χ0) is 22.4. The second kappa shape index (κ2) is 10.6. The minimum Gasteiger partial charge on any atom is -0.491 e. The van der Waals surface area contributed by atoms with Gasteiger partial charge in [-0.05, 0) is 51.9 Å². The molecule has 8 nitrogen and oxygen atoms in total. The van der Waals surface area contributed by atoms with Gasteiger partial charge in [-0.15, -0.1) is 0 Å². The van der Waals surface area contributed by atoms with Gasteiger partial charge in [0.15, 0.2) is 0 Å². The molecule has 3 amide bonds. The number of benzene rings is 1. The molecule has 1 aromatic rings. The molecule has 8 heteroatoms. The highest BCUT2D eigenvalue weighted by molar-refractivity contribution is 5.99. The zero-order valence-corrected chi connectivity index (χ0v) is 19.2. The summed E-state index contributed by atoms with van der Waals surface area (Å²) in [5.74, 6) is 0.572. The Morgan fingerprint density at radius 2 is 1.93 bits per heavy atom.